The van der Waals surface area contributed by atoms with Crippen molar-refractivity contribution in [2.75, 3.05) is 0 Å². The lowest BCUT2D eigenvalue weighted by Gasteiger charge is -2.29. The largest absolute Gasteiger partial charge is 0.391 e. The second kappa shape index (κ2) is 2.64. The van der Waals surface area contributed by atoms with Crippen molar-refractivity contribution < 1.29 is 5.11 Å². The minimum absolute atomic E-state index is 0.00810. The second-order valence-corrected chi connectivity index (χ2v) is 2.74. The minimum Gasteiger partial charge on any atom is -0.391 e. The summed E-state index contributed by atoms with van der Waals surface area (Å²) in [6.07, 6.45) is 2.41. The van der Waals surface area contributed by atoms with Gasteiger partial charge in [-0.05, 0) is 19.3 Å². The third-order valence-electron chi connectivity index (χ3n) is 1.98. The van der Waals surface area contributed by atoms with E-state index < -0.39 is 0 Å². The highest BCUT2D eigenvalue weighted by molar-refractivity contribution is 4.86. The Morgan fingerprint density at radius 3 is 2.33 bits per heavy atom. The van der Waals surface area contributed by atoms with Crippen molar-refractivity contribution in [3.8, 4) is 0 Å². The normalized spacial score (nSPS) is 45.0. The van der Waals surface area contributed by atoms with Crippen LogP contribution < -0.4 is 11.5 Å². The van der Waals surface area contributed by atoms with Crippen LogP contribution in [-0.4, -0.2) is 23.3 Å². The first-order valence-electron chi connectivity index (χ1n) is 3.41. The molecule has 9 heavy (non-hydrogen) atoms. The zero-order valence-electron chi connectivity index (χ0n) is 5.46. The molecular formula is C6H14N2O. The molecule has 0 aromatic rings. The number of hydrogen-bond acceptors (Lipinski definition) is 3. The molecule has 0 radical (unpaired) electrons. The lowest BCUT2D eigenvalue weighted by atomic mass is 9.89. The van der Waals surface area contributed by atoms with Crippen LogP contribution in [0.2, 0.25) is 0 Å². The average molecular weight is 130 g/mol. The lowest BCUT2D eigenvalue weighted by Crippen LogP contribution is -2.51. The number of aliphatic hydroxyl groups excluding tert-OH is 1. The second-order valence-electron chi connectivity index (χ2n) is 2.74. The number of aliphatic hydroxyl groups is 1. The van der Waals surface area contributed by atoms with Gasteiger partial charge in [0.1, 0.15) is 0 Å². The highest BCUT2D eigenvalue weighted by Gasteiger charge is 2.25. The molecule has 1 fully saturated rings. The van der Waals surface area contributed by atoms with Crippen molar-refractivity contribution in [2.24, 2.45) is 11.5 Å². The van der Waals surface area contributed by atoms with E-state index in [9.17, 15) is 0 Å². The maximum Gasteiger partial charge on any atom is 0.0706 e. The van der Waals surface area contributed by atoms with Crippen LogP contribution in [0.5, 0.6) is 0 Å². The van der Waals surface area contributed by atoms with E-state index in [-0.39, 0.29) is 18.2 Å². The van der Waals surface area contributed by atoms with E-state index in [2.05, 4.69) is 0 Å². The topological polar surface area (TPSA) is 72.3 Å². The molecule has 0 aromatic heterocycles. The molecule has 1 aliphatic rings. The minimum atomic E-state index is -0.367. The summed E-state index contributed by atoms with van der Waals surface area (Å²) in [7, 11) is 0. The maximum atomic E-state index is 9.14. The van der Waals surface area contributed by atoms with E-state index >= 15 is 0 Å². The van der Waals surface area contributed by atoms with Crippen molar-refractivity contribution in [1.82, 2.24) is 0 Å². The Morgan fingerprint density at radius 1 is 1.22 bits per heavy atom. The van der Waals surface area contributed by atoms with Crippen molar-refractivity contribution >= 4 is 0 Å². The van der Waals surface area contributed by atoms with E-state index in [0.29, 0.717) is 0 Å². The van der Waals surface area contributed by atoms with Gasteiger partial charge in [0.2, 0.25) is 0 Å². The van der Waals surface area contributed by atoms with Crippen LogP contribution >= 0.6 is 0 Å². The van der Waals surface area contributed by atoms with Crippen LogP contribution in [0.4, 0.5) is 0 Å². The zero-order valence-corrected chi connectivity index (χ0v) is 5.46. The Bertz CT molecular complexity index is 87.1. The van der Waals surface area contributed by atoms with Gasteiger partial charge < -0.3 is 16.6 Å². The Hall–Kier alpha value is -0.120. The first kappa shape index (κ1) is 6.99. The fraction of sp³-hybridized carbons (Fsp3) is 1.00. The molecule has 0 spiro atoms. The number of nitrogens with two attached hydrogens (primary N) is 2. The van der Waals surface area contributed by atoms with Crippen molar-refractivity contribution in [1.29, 1.82) is 0 Å². The molecule has 0 heterocycles. The molecular weight excluding hydrogens is 116 g/mol. The van der Waals surface area contributed by atoms with Crippen LogP contribution in [0.25, 0.3) is 0 Å². The summed E-state index contributed by atoms with van der Waals surface area (Å²) in [5, 5.41) is 9.14. The van der Waals surface area contributed by atoms with Crippen LogP contribution in [0.3, 0.4) is 0 Å². The molecule has 0 amide bonds. The van der Waals surface area contributed by atoms with Crippen molar-refractivity contribution in [3.05, 3.63) is 0 Å². The van der Waals surface area contributed by atoms with E-state index in [1.165, 1.54) is 0 Å². The molecule has 1 aliphatic carbocycles. The molecule has 54 valence electrons. The van der Waals surface area contributed by atoms with Crippen LogP contribution in [0, 0.1) is 0 Å². The summed E-state index contributed by atoms with van der Waals surface area (Å²) >= 11 is 0. The van der Waals surface area contributed by atoms with E-state index in [1.807, 2.05) is 0 Å². The van der Waals surface area contributed by atoms with Crippen molar-refractivity contribution in [2.45, 2.75) is 37.5 Å². The van der Waals surface area contributed by atoms with Crippen LogP contribution in [0.1, 0.15) is 19.3 Å². The predicted octanol–water partition coefficient (Wildman–Crippen LogP) is -0.814. The van der Waals surface area contributed by atoms with Gasteiger partial charge in [0, 0.05) is 12.1 Å². The third-order valence-corrected chi connectivity index (χ3v) is 1.98. The molecule has 3 atom stereocenters. The summed E-state index contributed by atoms with van der Waals surface area (Å²) in [4.78, 5) is 0. The summed E-state index contributed by atoms with van der Waals surface area (Å²) in [5.41, 5.74) is 11.1. The predicted molar refractivity (Wildman–Crippen MR) is 35.8 cm³/mol. The van der Waals surface area contributed by atoms with Gasteiger partial charge in [-0.3, -0.25) is 0 Å². The highest BCUT2D eigenvalue weighted by Crippen LogP contribution is 2.15. The Balaban J connectivity index is 2.41. The summed E-state index contributed by atoms with van der Waals surface area (Å²) in [6, 6.07) is -0.188. The Morgan fingerprint density at radius 2 is 1.89 bits per heavy atom. The van der Waals surface area contributed by atoms with Crippen LogP contribution in [-0.2, 0) is 0 Å². The average Bonchev–Trinajstić information content (AvgIpc) is 1.83. The Labute approximate surface area is 55.0 Å². The molecule has 0 aliphatic heterocycles. The molecule has 1 rings (SSSR count). The monoisotopic (exact) mass is 130 g/mol. The third kappa shape index (κ3) is 1.41. The summed E-state index contributed by atoms with van der Waals surface area (Å²) < 4.78 is 0. The molecule has 1 saturated carbocycles. The molecule has 1 unspecified atom stereocenters. The molecule has 0 bridgehead atoms. The zero-order chi connectivity index (χ0) is 6.85. The van der Waals surface area contributed by atoms with E-state index in [0.717, 1.165) is 19.3 Å². The quantitative estimate of drug-likeness (QED) is 0.401. The van der Waals surface area contributed by atoms with Gasteiger partial charge in [-0.25, -0.2) is 0 Å². The number of rotatable bonds is 0. The SMILES string of the molecule is N[C@@H]1CCCC(O)[C@@H]1N. The van der Waals surface area contributed by atoms with Gasteiger partial charge in [-0.1, -0.05) is 0 Å². The lowest BCUT2D eigenvalue weighted by molar-refractivity contribution is 0.0976. The standard InChI is InChI=1S/C6H14N2O/c7-4-2-1-3-5(9)6(4)8/h4-6,9H,1-3,7-8H2/t4-,5?,6-/m1/s1. The molecule has 0 aromatic carbocycles. The van der Waals surface area contributed by atoms with E-state index in [4.69, 9.17) is 16.6 Å². The summed E-state index contributed by atoms with van der Waals surface area (Å²) in [5.74, 6) is 0. The molecule has 3 heteroatoms. The van der Waals surface area contributed by atoms with Gasteiger partial charge in [-0.2, -0.15) is 0 Å². The van der Waals surface area contributed by atoms with Gasteiger partial charge in [0.15, 0.2) is 0 Å². The fourth-order valence-corrected chi connectivity index (χ4v) is 1.23. The summed E-state index contributed by atoms with van der Waals surface area (Å²) in [6.45, 7) is 0. The van der Waals surface area contributed by atoms with Gasteiger partial charge in [0.25, 0.3) is 0 Å². The van der Waals surface area contributed by atoms with Gasteiger partial charge >= 0.3 is 0 Å². The Kier molecular flexibility index (Phi) is 2.05. The molecule has 3 nitrogen and oxygen atoms in total. The number of hydrogen-bond donors (Lipinski definition) is 3. The highest BCUT2D eigenvalue weighted by atomic mass is 16.3. The molecule has 5 N–H and O–H groups in total. The van der Waals surface area contributed by atoms with Crippen LogP contribution in [0.15, 0.2) is 0 Å². The smallest absolute Gasteiger partial charge is 0.0706 e. The first-order chi connectivity index (χ1) is 4.22. The molecule has 0 saturated heterocycles. The van der Waals surface area contributed by atoms with Gasteiger partial charge in [0.05, 0.1) is 6.10 Å². The van der Waals surface area contributed by atoms with E-state index in [1.54, 1.807) is 0 Å². The maximum absolute atomic E-state index is 9.14. The van der Waals surface area contributed by atoms with Gasteiger partial charge in [-0.15, -0.1) is 0 Å². The fourth-order valence-electron chi connectivity index (χ4n) is 1.23. The first-order valence-corrected chi connectivity index (χ1v) is 3.41. The van der Waals surface area contributed by atoms with Crippen molar-refractivity contribution in [3.63, 3.8) is 0 Å².